The third-order valence-electron chi connectivity index (χ3n) is 9.31. The highest BCUT2D eigenvalue weighted by atomic mass is 19.4. The number of ether oxygens (including phenoxy) is 2. The van der Waals surface area contributed by atoms with Crippen LogP contribution < -0.4 is 25.2 Å². The number of hydrogen-bond donors (Lipinski definition) is 2. The van der Waals surface area contributed by atoms with Gasteiger partial charge in [-0.05, 0) is 56.0 Å². The number of halogens is 3. The highest BCUT2D eigenvalue weighted by Crippen LogP contribution is 2.43. The Bertz CT molecular complexity index is 1590. The maximum Gasteiger partial charge on any atom is 0.421 e. The fourth-order valence-electron chi connectivity index (χ4n) is 6.83. The lowest BCUT2D eigenvalue weighted by Gasteiger charge is -2.41. The summed E-state index contributed by atoms with van der Waals surface area (Å²) < 4.78 is 53.2. The van der Waals surface area contributed by atoms with Crippen LogP contribution >= 0.6 is 0 Å². The Balaban J connectivity index is 1.19. The number of carbonyl (C=O) groups excluding carboxylic acids is 1. The minimum atomic E-state index is -4.68. The predicted octanol–water partition coefficient (Wildman–Crippen LogP) is 5.41. The van der Waals surface area contributed by atoms with Crippen molar-refractivity contribution in [1.29, 1.82) is 0 Å². The summed E-state index contributed by atoms with van der Waals surface area (Å²) in [6.45, 7) is 9.03. The van der Waals surface area contributed by atoms with Gasteiger partial charge in [0.05, 0.1) is 18.2 Å². The van der Waals surface area contributed by atoms with E-state index < -0.39 is 17.2 Å². The molecule has 1 aromatic heterocycles. The Hall–Kier alpha value is -4.10. The minimum Gasteiger partial charge on any atom is -0.494 e. The zero-order valence-corrected chi connectivity index (χ0v) is 26.6. The summed E-state index contributed by atoms with van der Waals surface area (Å²) in [6.07, 6.45) is -1.76. The van der Waals surface area contributed by atoms with Crippen LogP contribution in [0.5, 0.6) is 5.75 Å². The number of benzene rings is 2. The fraction of sp³-hybridized carbons (Fsp3) is 0.485. The van der Waals surface area contributed by atoms with Crippen LogP contribution in [0.2, 0.25) is 0 Å². The molecule has 46 heavy (non-hydrogen) atoms. The van der Waals surface area contributed by atoms with Crippen LogP contribution in [-0.4, -0.2) is 80.4 Å². The van der Waals surface area contributed by atoms with E-state index in [2.05, 4.69) is 30.4 Å². The van der Waals surface area contributed by atoms with E-state index >= 15 is 0 Å². The van der Waals surface area contributed by atoms with E-state index in [-0.39, 0.29) is 24.2 Å². The van der Waals surface area contributed by atoms with E-state index in [1.54, 1.807) is 25.1 Å². The number of piperazine rings is 1. The third kappa shape index (κ3) is 6.17. The van der Waals surface area contributed by atoms with Crippen LogP contribution in [0.15, 0.2) is 42.6 Å². The zero-order chi connectivity index (χ0) is 32.6. The van der Waals surface area contributed by atoms with Crippen molar-refractivity contribution in [3.8, 4) is 5.75 Å². The second-order valence-corrected chi connectivity index (χ2v) is 12.5. The summed E-state index contributed by atoms with van der Waals surface area (Å²) in [4.78, 5) is 27.5. The first-order valence-corrected chi connectivity index (χ1v) is 15.6. The molecule has 2 N–H and O–H groups in total. The fourth-order valence-corrected chi connectivity index (χ4v) is 6.83. The van der Waals surface area contributed by atoms with Gasteiger partial charge in [0.25, 0.3) is 0 Å². The van der Waals surface area contributed by atoms with Crippen LogP contribution in [0.4, 0.5) is 42.0 Å². The Labute approximate surface area is 266 Å². The van der Waals surface area contributed by atoms with Gasteiger partial charge in [-0.25, -0.2) is 4.98 Å². The summed E-state index contributed by atoms with van der Waals surface area (Å²) in [5, 5.41) is 5.92. The van der Waals surface area contributed by atoms with E-state index in [1.807, 2.05) is 44.2 Å². The molecule has 2 fully saturated rings. The van der Waals surface area contributed by atoms with E-state index in [9.17, 15) is 18.0 Å². The zero-order valence-electron chi connectivity index (χ0n) is 26.6. The number of anilines is 5. The molecule has 0 bridgehead atoms. The van der Waals surface area contributed by atoms with Gasteiger partial charge >= 0.3 is 6.18 Å². The number of aromatic nitrogens is 2. The van der Waals surface area contributed by atoms with Crippen molar-refractivity contribution >= 4 is 34.7 Å². The molecular weight excluding hydrogens is 599 g/mol. The van der Waals surface area contributed by atoms with E-state index in [0.29, 0.717) is 23.0 Å². The van der Waals surface area contributed by atoms with Crippen molar-refractivity contribution in [2.45, 2.75) is 50.9 Å². The molecule has 10 nitrogen and oxygen atoms in total. The summed E-state index contributed by atoms with van der Waals surface area (Å²) in [5.41, 5.74) is 1.98. The lowest BCUT2D eigenvalue weighted by atomic mass is 9.83. The molecule has 0 aliphatic carbocycles. The number of fused-ring (bicyclic) bond motifs is 1. The summed E-state index contributed by atoms with van der Waals surface area (Å²) in [5.74, 6) is 0.0751. The van der Waals surface area contributed by atoms with Crippen molar-refractivity contribution in [1.82, 2.24) is 14.9 Å². The minimum absolute atomic E-state index is 0.0137. The molecule has 3 aliphatic heterocycles. The first-order chi connectivity index (χ1) is 22.0. The molecule has 2 saturated heterocycles. The second kappa shape index (κ2) is 12.6. The molecule has 13 heteroatoms. The number of nitrogens with one attached hydrogen (secondary N) is 2. The maximum absolute atomic E-state index is 14.0. The molecule has 3 aliphatic rings. The first kappa shape index (κ1) is 31.9. The Kier molecular flexibility index (Phi) is 8.73. The summed E-state index contributed by atoms with van der Waals surface area (Å²) >= 11 is 0. The van der Waals surface area contributed by atoms with Crippen molar-refractivity contribution in [2.75, 3.05) is 74.0 Å². The number of nitrogens with zero attached hydrogens (tertiary/aromatic N) is 5. The average Bonchev–Trinajstić information content (AvgIpc) is 3.24. The van der Waals surface area contributed by atoms with Crippen molar-refractivity contribution in [3.05, 3.63) is 59.3 Å². The molecular formula is C33H40F3N7O3. The van der Waals surface area contributed by atoms with Crippen LogP contribution in [0.3, 0.4) is 0 Å². The first-order valence-electron chi connectivity index (χ1n) is 15.6. The molecule has 3 aromatic rings. The molecule has 0 radical (unpaired) electrons. The van der Waals surface area contributed by atoms with Gasteiger partial charge in [0, 0.05) is 82.7 Å². The quantitative estimate of drug-likeness (QED) is 0.335. The number of rotatable bonds is 8. The average molecular weight is 640 g/mol. The number of methoxy groups -OCH3 is 1. The van der Waals surface area contributed by atoms with E-state index in [0.717, 1.165) is 75.4 Å². The van der Waals surface area contributed by atoms with Gasteiger partial charge in [-0.15, -0.1) is 0 Å². The van der Waals surface area contributed by atoms with Gasteiger partial charge in [0.2, 0.25) is 11.9 Å². The molecule has 0 spiro atoms. The van der Waals surface area contributed by atoms with Gasteiger partial charge in [0.1, 0.15) is 17.1 Å². The van der Waals surface area contributed by atoms with E-state index in [4.69, 9.17) is 9.47 Å². The van der Waals surface area contributed by atoms with Gasteiger partial charge in [0.15, 0.2) is 0 Å². The number of carbonyl (C=O) groups is 1. The van der Waals surface area contributed by atoms with Crippen molar-refractivity contribution < 1.29 is 27.4 Å². The molecule has 1 amide bonds. The standard InChI is InChI=1S/C33H40F3N7O3/c1-32(2)28-21(6-5-7-26(28)41(3)30(32)44)19-37-29-24(33(34,35)36)20-38-31(40-29)39-25-9-8-23(18-27(25)45-4)43-14-12-42(13-15-43)22-10-16-46-17-11-22/h5-9,18,20,22H,10-17,19H2,1-4H3,(H2,37,38,39,40). The molecule has 0 atom stereocenters. The lowest BCUT2D eigenvalue weighted by molar-refractivity contribution is -0.137. The second-order valence-electron chi connectivity index (χ2n) is 12.5. The summed E-state index contributed by atoms with van der Waals surface area (Å²) in [7, 11) is 3.25. The Morgan fingerprint density at radius 2 is 1.83 bits per heavy atom. The molecule has 4 heterocycles. The molecule has 2 aromatic carbocycles. The topological polar surface area (TPSA) is 95.1 Å². The molecule has 0 unspecified atom stereocenters. The van der Waals surface area contributed by atoms with Gasteiger partial charge in [-0.2, -0.15) is 18.2 Å². The lowest BCUT2D eigenvalue weighted by Crippen LogP contribution is -2.51. The number of likely N-dealkylation sites (N-methyl/N-ethyl adjacent to an activating group) is 1. The molecule has 0 saturated carbocycles. The number of alkyl halides is 3. The van der Waals surface area contributed by atoms with Crippen LogP contribution in [0, 0.1) is 0 Å². The Morgan fingerprint density at radius 1 is 1.09 bits per heavy atom. The monoisotopic (exact) mass is 639 g/mol. The highest BCUT2D eigenvalue weighted by Gasteiger charge is 2.43. The normalized spacial score (nSPS) is 18.9. The third-order valence-corrected chi connectivity index (χ3v) is 9.31. The van der Waals surface area contributed by atoms with Crippen molar-refractivity contribution in [3.63, 3.8) is 0 Å². The number of amides is 1. The van der Waals surface area contributed by atoms with Gasteiger partial charge in [-0.3, -0.25) is 9.69 Å². The van der Waals surface area contributed by atoms with Gasteiger partial charge < -0.3 is 29.9 Å². The largest absolute Gasteiger partial charge is 0.494 e. The van der Waals surface area contributed by atoms with E-state index in [1.165, 1.54) is 0 Å². The number of hydrogen-bond acceptors (Lipinski definition) is 9. The molecule has 246 valence electrons. The molecule has 6 rings (SSSR count). The smallest absolute Gasteiger partial charge is 0.421 e. The summed E-state index contributed by atoms with van der Waals surface area (Å²) in [6, 6.07) is 11.7. The van der Waals surface area contributed by atoms with Crippen LogP contribution in [0.1, 0.15) is 43.4 Å². The predicted molar refractivity (Wildman–Crippen MR) is 171 cm³/mol. The van der Waals surface area contributed by atoms with Crippen LogP contribution in [0.25, 0.3) is 0 Å². The van der Waals surface area contributed by atoms with Crippen LogP contribution in [-0.2, 0) is 27.7 Å². The highest BCUT2D eigenvalue weighted by molar-refractivity contribution is 6.07. The maximum atomic E-state index is 14.0. The van der Waals surface area contributed by atoms with Gasteiger partial charge in [-0.1, -0.05) is 12.1 Å². The SMILES string of the molecule is COc1cc(N2CCN(C3CCOCC3)CC2)ccc1Nc1ncc(C(F)(F)F)c(NCc2cccc3c2C(C)(C)C(=O)N3C)n1. The Morgan fingerprint density at radius 3 is 2.52 bits per heavy atom. The van der Waals surface area contributed by atoms with Crippen molar-refractivity contribution in [2.24, 2.45) is 0 Å².